The molecule has 3 heteroatoms. The molecule has 0 saturated carbocycles. The Morgan fingerprint density at radius 1 is 1.27 bits per heavy atom. The Kier molecular flexibility index (Phi) is 5.69. The zero-order valence-electron chi connectivity index (χ0n) is 9.12. The van der Waals surface area contributed by atoms with Crippen molar-refractivity contribution in [3.8, 4) is 0 Å². The SMILES string of the molecule is CCCN(CCO)Cc1ccccc1Cl. The van der Waals surface area contributed by atoms with Crippen LogP contribution in [0.4, 0.5) is 0 Å². The minimum Gasteiger partial charge on any atom is -0.395 e. The van der Waals surface area contributed by atoms with Gasteiger partial charge in [0.2, 0.25) is 0 Å². The summed E-state index contributed by atoms with van der Waals surface area (Å²) in [5.74, 6) is 0. The fourth-order valence-corrected chi connectivity index (χ4v) is 1.79. The van der Waals surface area contributed by atoms with Crippen LogP contribution in [-0.4, -0.2) is 29.7 Å². The summed E-state index contributed by atoms with van der Waals surface area (Å²) in [6.45, 7) is 4.85. The van der Waals surface area contributed by atoms with E-state index in [2.05, 4.69) is 11.8 Å². The van der Waals surface area contributed by atoms with Gasteiger partial charge in [0.05, 0.1) is 6.61 Å². The molecule has 0 amide bonds. The first-order valence-electron chi connectivity index (χ1n) is 5.34. The fourth-order valence-electron chi connectivity index (χ4n) is 1.60. The Balaban J connectivity index is 2.60. The van der Waals surface area contributed by atoms with Crippen LogP contribution < -0.4 is 0 Å². The van der Waals surface area contributed by atoms with Crippen molar-refractivity contribution in [2.45, 2.75) is 19.9 Å². The van der Waals surface area contributed by atoms with Crippen molar-refractivity contribution in [3.63, 3.8) is 0 Å². The van der Waals surface area contributed by atoms with E-state index in [1.165, 1.54) is 0 Å². The van der Waals surface area contributed by atoms with E-state index in [-0.39, 0.29) is 6.61 Å². The summed E-state index contributed by atoms with van der Waals surface area (Å²) in [6, 6.07) is 7.86. The molecule has 84 valence electrons. The first-order chi connectivity index (χ1) is 7.27. The maximum absolute atomic E-state index is 8.94. The van der Waals surface area contributed by atoms with Crippen LogP contribution in [0.1, 0.15) is 18.9 Å². The van der Waals surface area contributed by atoms with Crippen LogP contribution in [-0.2, 0) is 6.54 Å². The third-order valence-electron chi connectivity index (χ3n) is 2.31. The van der Waals surface area contributed by atoms with Gasteiger partial charge in [-0.3, -0.25) is 4.90 Å². The van der Waals surface area contributed by atoms with Gasteiger partial charge in [0.25, 0.3) is 0 Å². The maximum Gasteiger partial charge on any atom is 0.0558 e. The molecule has 1 aromatic carbocycles. The zero-order valence-corrected chi connectivity index (χ0v) is 9.87. The van der Waals surface area contributed by atoms with Gasteiger partial charge in [-0.25, -0.2) is 0 Å². The molecule has 0 aliphatic heterocycles. The summed E-state index contributed by atoms with van der Waals surface area (Å²) in [7, 11) is 0. The molecule has 0 heterocycles. The molecular weight excluding hydrogens is 210 g/mol. The van der Waals surface area contributed by atoms with Crippen LogP contribution >= 0.6 is 11.6 Å². The molecule has 1 N–H and O–H groups in total. The average Bonchev–Trinajstić information content (AvgIpc) is 2.22. The van der Waals surface area contributed by atoms with Gasteiger partial charge in [0, 0.05) is 18.1 Å². The van der Waals surface area contributed by atoms with Crippen LogP contribution in [0.25, 0.3) is 0 Å². The van der Waals surface area contributed by atoms with Crippen molar-refractivity contribution < 1.29 is 5.11 Å². The predicted octanol–water partition coefficient (Wildman–Crippen LogP) is 2.54. The van der Waals surface area contributed by atoms with Gasteiger partial charge in [-0.2, -0.15) is 0 Å². The van der Waals surface area contributed by atoms with E-state index in [9.17, 15) is 0 Å². The number of rotatable bonds is 6. The van der Waals surface area contributed by atoms with Crippen molar-refractivity contribution in [1.29, 1.82) is 0 Å². The van der Waals surface area contributed by atoms with Crippen molar-refractivity contribution in [2.75, 3.05) is 19.7 Å². The van der Waals surface area contributed by atoms with Crippen LogP contribution in [0.2, 0.25) is 5.02 Å². The highest BCUT2D eigenvalue weighted by atomic mass is 35.5. The van der Waals surface area contributed by atoms with Gasteiger partial charge in [-0.1, -0.05) is 36.7 Å². The van der Waals surface area contributed by atoms with Crippen molar-refractivity contribution in [3.05, 3.63) is 34.9 Å². The lowest BCUT2D eigenvalue weighted by Gasteiger charge is -2.21. The molecule has 0 radical (unpaired) electrons. The highest BCUT2D eigenvalue weighted by molar-refractivity contribution is 6.31. The second kappa shape index (κ2) is 6.83. The third-order valence-corrected chi connectivity index (χ3v) is 2.68. The molecule has 0 aliphatic rings. The summed E-state index contributed by atoms with van der Waals surface area (Å²) < 4.78 is 0. The van der Waals surface area contributed by atoms with E-state index in [0.29, 0.717) is 6.54 Å². The lowest BCUT2D eigenvalue weighted by Crippen LogP contribution is -2.27. The molecule has 0 aliphatic carbocycles. The Bertz CT molecular complexity index is 285. The highest BCUT2D eigenvalue weighted by Gasteiger charge is 2.06. The van der Waals surface area contributed by atoms with Crippen molar-refractivity contribution >= 4 is 11.6 Å². The minimum atomic E-state index is 0.199. The van der Waals surface area contributed by atoms with E-state index in [1.807, 2.05) is 24.3 Å². The predicted molar refractivity (Wildman–Crippen MR) is 64.1 cm³/mol. The maximum atomic E-state index is 8.94. The summed E-state index contributed by atoms with van der Waals surface area (Å²) in [5, 5.41) is 9.74. The Morgan fingerprint density at radius 2 is 2.00 bits per heavy atom. The topological polar surface area (TPSA) is 23.5 Å². The van der Waals surface area contributed by atoms with Crippen LogP contribution in [0.3, 0.4) is 0 Å². The van der Waals surface area contributed by atoms with E-state index in [1.54, 1.807) is 0 Å². The number of aliphatic hydroxyl groups excluding tert-OH is 1. The fraction of sp³-hybridized carbons (Fsp3) is 0.500. The van der Waals surface area contributed by atoms with E-state index < -0.39 is 0 Å². The van der Waals surface area contributed by atoms with E-state index in [0.717, 1.165) is 30.1 Å². The third kappa shape index (κ3) is 4.20. The lowest BCUT2D eigenvalue weighted by atomic mass is 10.2. The Hall–Kier alpha value is -0.570. The highest BCUT2D eigenvalue weighted by Crippen LogP contribution is 2.16. The number of nitrogens with zero attached hydrogens (tertiary/aromatic N) is 1. The second-order valence-corrected chi connectivity index (χ2v) is 4.00. The molecule has 15 heavy (non-hydrogen) atoms. The van der Waals surface area contributed by atoms with Gasteiger partial charge in [-0.15, -0.1) is 0 Å². The number of hydrogen-bond donors (Lipinski definition) is 1. The molecular formula is C12H18ClNO. The average molecular weight is 228 g/mol. The molecule has 1 aromatic rings. The van der Waals surface area contributed by atoms with Crippen LogP contribution in [0.5, 0.6) is 0 Å². The normalized spacial score (nSPS) is 10.9. The summed E-state index contributed by atoms with van der Waals surface area (Å²) >= 11 is 6.08. The van der Waals surface area contributed by atoms with E-state index >= 15 is 0 Å². The molecule has 0 fully saturated rings. The quantitative estimate of drug-likeness (QED) is 0.808. The summed E-state index contributed by atoms with van der Waals surface area (Å²) in [5.41, 5.74) is 1.13. The summed E-state index contributed by atoms with van der Waals surface area (Å²) in [4.78, 5) is 2.21. The first-order valence-corrected chi connectivity index (χ1v) is 5.72. The van der Waals surface area contributed by atoms with Crippen LogP contribution in [0, 0.1) is 0 Å². The van der Waals surface area contributed by atoms with Gasteiger partial charge >= 0.3 is 0 Å². The molecule has 1 rings (SSSR count). The molecule has 0 saturated heterocycles. The molecule has 0 unspecified atom stereocenters. The van der Waals surface area contributed by atoms with Gasteiger partial charge < -0.3 is 5.11 Å². The lowest BCUT2D eigenvalue weighted by molar-refractivity contribution is 0.190. The number of halogens is 1. The Labute approximate surface area is 96.5 Å². The number of benzene rings is 1. The standard InChI is InChI=1S/C12H18ClNO/c1-2-7-14(8-9-15)10-11-5-3-4-6-12(11)13/h3-6,15H,2,7-10H2,1H3. The van der Waals surface area contributed by atoms with Gasteiger partial charge in [0.1, 0.15) is 0 Å². The van der Waals surface area contributed by atoms with Crippen molar-refractivity contribution in [1.82, 2.24) is 4.90 Å². The smallest absolute Gasteiger partial charge is 0.0558 e. The largest absolute Gasteiger partial charge is 0.395 e. The molecule has 0 aromatic heterocycles. The zero-order chi connectivity index (χ0) is 11.1. The molecule has 0 spiro atoms. The summed E-state index contributed by atoms with van der Waals surface area (Å²) in [6.07, 6.45) is 1.09. The second-order valence-electron chi connectivity index (χ2n) is 3.59. The molecule has 2 nitrogen and oxygen atoms in total. The van der Waals surface area contributed by atoms with Gasteiger partial charge in [-0.05, 0) is 24.6 Å². The van der Waals surface area contributed by atoms with E-state index in [4.69, 9.17) is 16.7 Å². The Morgan fingerprint density at radius 3 is 2.60 bits per heavy atom. The molecule has 0 atom stereocenters. The first kappa shape index (κ1) is 12.5. The van der Waals surface area contributed by atoms with Crippen molar-refractivity contribution in [2.24, 2.45) is 0 Å². The number of hydrogen-bond acceptors (Lipinski definition) is 2. The number of aliphatic hydroxyl groups is 1. The minimum absolute atomic E-state index is 0.199. The van der Waals surface area contributed by atoms with Gasteiger partial charge in [0.15, 0.2) is 0 Å². The van der Waals surface area contributed by atoms with Crippen LogP contribution in [0.15, 0.2) is 24.3 Å². The molecule has 0 bridgehead atoms. The monoisotopic (exact) mass is 227 g/mol.